The minimum absolute atomic E-state index is 0.0734. The second-order valence-corrected chi connectivity index (χ2v) is 4.33. The molecule has 0 aliphatic carbocycles. The quantitative estimate of drug-likeness (QED) is 0.798. The molecule has 0 aromatic carbocycles. The molecule has 0 amide bonds. The van der Waals surface area contributed by atoms with Crippen molar-refractivity contribution in [2.75, 3.05) is 6.54 Å². The molecule has 0 aliphatic rings. The number of hydrogen-bond acceptors (Lipinski definition) is 5. The zero-order valence-electron chi connectivity index (χ0n) is 8.88. The lowest BCUT2D eigenvalue weighted by molar-refractivity contribution is 0.103. The van der Waals surface area contributed by atoms with Crippen molar-refractivity contribution < 1.29 is 4.79 Å². The predicted molar refractivity (Wildman–Crippen MR) is 61.6 cm³/mol. The van der Waals surface area contributed by atoms with Crippen LogP contribution in [0.25, 0.3) is 0 Å². The van der Waals surface area contributed by atoms with Crippen LogP contribution in [0.2, 0.25) is 0 Å². The van der Waals surface area contributed by atoms with Gasteiger partial charge in [-0.1, -0.05) is 5.21 Å². The number of rotatable bonds is 4. The molecule has 0 unspecified atom stereocenters. The first-order valence-corrected chi connectivity index (χ1v) is 5.79. The van der Waals surface area contributed by atoms with Gasteiger partial charge in [0.05, 0.1) is 17.6 Å². The Morgan fingerprint density at radius 1 is 1.62 bits per heavy atom. The van der Waals surface area contributed by atoms with Gasteiger partial charge in [-0.05, 0) is 23.9 Å². The Labute approximate surface area is 96.9 Å². The summed E-state index contributed by atoms with van der Waals surface area (Å²) in [6, 6.07) is 1.92. The molecule has 2 aromatic heterocycles. The molecule has 0 bridgehead atoms. The fourth-order valence-corrected chi connectivity index (χ4v) is 2.24. The van der Waals surface area contributed by atoms with E-state index in [0.717, 1.165) is 10.4 Å². The van der Waals surface area contributed by atoms with Gasteiger partial charge in [-0.15, -0.1) is 16.4 Å². The molecule has 84 valence electrons. The Morgan fingerprint density at radius 2 is 2.44 bits per heavy atom. The van der Waals surface area contributed by atoms with E-state index in [1.165, 1.54) is 11.3 Å². The maximum absolute atomic E-state index is 12.0. The number of carbonyl (C=O) groups is 1. The van der Waals surface area contributed by atoms with Crippen LogP contribution in [0, 0.1) is 6.92 Å². The third-order valence-corrected chi connectivity index (χ3v) is 3.21. The Hall–Kier alpha value is -1.53. The van der Waals surface area contributed by atoms with Crippen molar-refractivity contribution in [1.82, 2.24) is 15.0 Å². The molecule has 0 aliphatic heterocycles. The van der Waals surface area contributed by atoms with Crippen LogP contribution in [0.4, 0.5) is 0 Å². The zero-order chi connectivity index (χ0) is 11.5. The van der Waals surface area contributed by atoms with Gasteiger partial charge in [-0.2, -0.15) is 0 Å². The maximum atomic E-state index is 12.0. The second-order valence-electron chi connectivity index (χ2n) is 3.42. The first-order valence-electron chi connectivity index (χ1n) is 4.91. The van der Waals surface area contributed by atoms with E-state index in [1.807, 2.05) is 18.4 Å². The minimum Gasteiger partial charge on any atom is -0.329 e. The molecule has 0 fully saturated rings. The van der Waals surface area contributed by atoms with Gasteiger partial charge in [0.15, 0.2) is 5.69 Å². The van der Waals surface area contributed by atoms with Crippen molar-refractivity contribution in [3.63, 3.8) is 0 Å². The van der Waals surface area contributed by atoms with E-state index in [9.17, 15) is 4.79 Å². The highest BCUT2D eigenvalue weighted by molar-refractivity contribution is 7.12. The monoisotopic (exact) mass is 236 g/mol. The number of aromatic nitrogens is 3. The molecule has 6 heteroatoms. The smallest absolute Gasteiger partial charge is 0.225 e. The summed E-state index contributed by atoms with van der Waals surface area (Å²) in [5.41, 5.74) is 6.74. The van der Waals surface area contributed by atoms with E-state index in [1.54, 1.807) is 10.9 Å². The van der Waals surface area contributed by atoms with Crippen molar-refractivity contribution in [2.45, 2.75) is 13.5 Å². The molecule has 16 heavy (non-hydrogen) atoms. The Balaban J connectivity index is 2.24. The Bertz CT molecular complexity index is 502. The minimum atomic E-state index is -0.0734. The summed E-state index contributed by atoms with van der Waals surface area (Å²) >= 11 is 1.42. The molecule has 0 radical (unpaired) electrons. The van der Waals surface area contributed by atoms with E-state index in [4.69, 9.17) is 5.73 Å². The highest BCUT2D eigenvalue weighted by Gasteiger charge is 2.16. The summed E-state index contributed by atoms with van der Waals surface area (Å²) < 4.78 is 1.58. The molecule has 2 N–H and O–H groups in total. The van der Waals surface area contributed by atoms with E-state index in [-0.39, 0.29) is 5.78 Å². The van der Waals surface area contributed by atoms with Crippen molar-refractivity contribution in [3.8, 4) is 0 Å². The fraction of sp³-hybridized carbons (Fsp3) is 0.300. The van der Waals surface area contributed by atoms with Crippen LogP contribution in [-0.2, 0) is 6.54 Å². The van der Waals surface area contributed by atoms with Gasteiger partial charge < -0.3 is 5.73 Å². The van der Waals surface area contributed by atoms with E-state index < -0.39 is 0 Å². The largest absolute Gasteiger partial charge is 0.329 e. The summed E-state index contributed by atoms with van der Waals surface area (Å²) in [6.07, 6.45) is 1.63. The van der Waals surface area contributed by atoms with Crippen LogP contribution in [0.5, 0.6) is 0 Å². The van der Waals surface area contributed by atoms with Crippen LogP contribution in [0.3, 0.4) is 0 Å². The van der Waals surface area contributed by atoms with Gasteiger partial charge >= 0.3 is 0 Å². The van der Waals surface area contributed by atoms with Gasteiger partial charge in [-0.3, -0.25) is 9.48 Å². The van der Waals surface area contributed by atoms with Crippen molar-refractivity contribution >= 4 is 17.1 Å². The van der Waals surface area contributed by atoms with Crippen LogP contribution in [0.15, 0.2) is 17.6 Å². The number of ketones is 1. The molecule has 2 heterocycles. The van der Waals surface area contributed by atoms with Gasteiger partial charge in [-0.25, -0.2) is 0 Å². The van der Waals surface area contributed by atoms with E-state index >= 15 is 0 Å². The zero-order valence-corrected chi connectivity index (χ0v) is 9.70. The predicted octanol–water partition coefficient (Wildman–Crippen LogP) is 0.838. The maximum Gasteiger partial charge on any atom is 0.225 e. The van der Waals surface area contributed by atoms with E-state index in [0.29, 0.717) is 18.8 Å². The van der Waals surface area contributed by atoms with E-state index in [2.05, 4.69) is 10.3 Å². The highest BCUT2D eigenvalue weighted by Crippen LogP contribution is 2.18. The van der Waals surface area contributed by atoms with Crippen molar-refractivity contribution in [3.05, 3.63) is 33.8 Å². The summed E-state index contributed by atoms with van der Waals surface area (Å²) in [5.74, 6) is -0.0734. The fourth-order valence-electron chi connectivity index (χ4n) is 1.37. The molecule has 2 aromatic rings. The SMILES string of the molecule is Cc1ccsc1C(=O)c1cn(CCN)nn1. The number of hydrogen-bond donors (Lipinski definition) is 1. The number of thiophene rings is 1. The summed E-state index contributed by atoms with van der Waals surface area (Å²) in [5, 5.41) is 9.58. The molecule has 0 atom stereocenters. The lowest BCUT2D eigenvalue weighted by Gasteiger charge is -1.94. The third kappa shape index (κ3) is 2.02. The molecule has 5 nitrogen and oxygen atoms in total. The summed E-state index contributed by atoms with van der Waals surface area (Å²) in [6.45, 7) is 2.97. The first-order chi connectivity index (χ1) is 7.72. The molecular weight excluding hydrogens is 224 g/mol. The van der Waals surface area contributed by atoms with Crippen LogP contribution in [0.1, 0.15) is 20.9 Å². The van der Waals surface area contributed by atoms with Crippen molar-refractivity contribution in [2.24, 2.45) is 5.73 Å². The van der Waals surface area contributed by atoms with Gasteiger partial charge in [0.1, 0.15) is 0 Å². The standard InChI is InChI=1S/C10H12N4OS/c1-7-2-5-16-10(7)9(15)8-6-14(4-3-11)13-12-8/h2,5-6H,3-4,11H2,1H3. The van der Waals surface area contributed by atoms with Gasteiger partial charge in [0.25, 0.3) is 0 Å². The summed E-state index contributed by atoms with van der Waals surface area (Å²) in [4.78, 5) is 12.7. The number of nitrogens with two attached hydrogens (primary N) is 1. The molecule has 0 spiro atoms. The van der Waals surface area contributed by atoms with Crippen LogP contribution >= 0.6 is 11.3 Å². The average molecular weight is 236 g/mol. The number of nitrogens with zero attached hydrogens (tertiary/aromatic N) is 3. The topological polar surface area (TPSA) is 73.8 Å². The highest BCUT2D eigenvalue weighted by atomic mass is 32.1. The normalized spacial score (nSPS) is 10.6. The molecule has 0 saturated carbocycles. The van der Waals surface area contributed by atoms with Crippen molar-refractivity contribution in [1.29, 1.82) is 0 Å². The first kappa shape index (κ1) is 11.0. The number of carbonyl (C=O) groups excluding carboxylic acids is 1. The molecule has 2 rings (SSSR count). The molecular formula is C10H12N4OS. The third-order valence-electron chi connectivity index (χ3n) is 2.20. The Kier molecular flexibility index (Phi) is 3.12. The second kappa shape index (κ2) is 4.54. The molecule has 0 saturated heterocycles. The number of aryl methyl sites for hydroxylation is 1. The lowest BCUT2D eigenvalue weighted by atomic mass is 10.2. The van der Waals surface area contributed by atoms with Crippen LogP contribution in [-0.4, -0.2) is 27.3 Å². The van der Waals surface area contributed by atoms with Crippen LogP contribution < -0.4 is 5.73 Å². The average Bonchev–Trinajstić information content (AvgIpc) is 2.87. The Morgan fingerprint density at radius 3 is 3.06 bits per heavy atom. The van der Waals surface area contributed by atoms with Gasteiger partial charge in [0.2, 0.25) is 5.78 Å². The lowest BCUT2D eigenvalue weighted by Crippen LogP contribution is -2.10. The van der Waals surface area contributed by atoms with Gasteiger partial charge in [0, 0.05) is 6.54 Å². The summed E-state index contributed by atoms with van der Waals surface area (Å²) in [7, 11) is 0.